The van der Waals surface area contributed by atoms with Gasteiger partial charge in [0.1, 0.15) is 0 Å². The van der Waals surface area contributed by atoms with Gasteiger partial charge in [0.05, 0.1) is 11.6 Å². The monoisotopic (exact) mass is 218 g/mol. The van der Waals surface area contributed by atoms with Crippen LogP contribution in [0.2, 0.25) is 0 Å². The van der Waals surface area contributed by atoms with Crippen LogP contribution in [0.1, 0.15) is 17.7 Å². The summed E-state index contributed by atoms with van der Waals surface area (Å²) in [5, 5.41) is 5.80. The average molecular weight is 218 g/mol. The molecule has 6 heteroatoms. The van der Waals surface area contributed by atoms with Crippen molar-refractivity contribution in [3.8, 4) is 0 Å². The second-order valence-corrected chi connectivity index (χ2v) is 3.69. The maximum absolute atomic E-state index is 12.4. The van der Waals surface area contributed by atoms with Crippen LogP contribution < -0.4 is 5.56 Å². The lowest BCUT2D eigenvalue weighted by Gasteiger charge is -2.24. The molecule has 1 atom stereocenters. The van der Waals surface area contributed by atoms with Gasteiger partial charge in [-0.15, -0.1) is 0 Å². The number of rotatable bonds is 0. The van der Waals surface area contributed by atoms with Gasteiger partial charge in [-0.25, -0.2) is 5.10 Å². The largest absolute Gasteiger partial charge is 0.392 e. The summed E-state index contributed by atoms with van der Waals surface area (Å²) in [7, 11) is 0. The molecule has 1 N–H and O–H groups in total. The van der Waals surface area contributed by atoms with Gasteiger partial charge in [0.2, 0.25) is 0 Å². The number of aromatic amines is 1. The summed E-state index contributed by atoms with van der Waals surface area (Å²) in [5.74, 6) is -1.33. The van der Waals surface area contributed by atoms with E-state index >= 15 is 0 Å². The van der Waals surface area contributed by atoms with E-state index < -0.39 is 12.1 Å². The maximum Gasteiger partial charge on any atom is 0.392 e. The summed E-state index contributed by atoms with van der Waals surface area (Å²) in [6.45, 7) is 0. The Balaban J connectivity index is 2.28. The van der Waals surface area contributed by atoms with E-state index in [-0.39, 0.29) is 24.8 Å². The zero-order valence-corrected chi connectivity index (χ0v) is 7.77. The van der Waals surface area contributed by atoms with Crippen molar-refractivity contribution >= 4 is 0 Å². The highest BCUT2D eigenvalue weighted by Crippen LogP contribution is 2.35. The maximum atomic E-state index is 12.4. The number of hydrogen-bond acceptors (Lipinski definition) is 2. The number of aromatic nitrogens is 2. The highest BCUT2D eigenvalue weighted by atomic mass is 19.4. The highest BCUT2D eigenvalue weighted by molar-refractivity contribution is 5.21. The van der Waals surface area contributed by atoms with E-state index in [0.717, 1.165) is 0 Å². The van der Waals surface area contributed by atoms with Crippen molar-refractivity contribution in [1.82, 2.24) is 10.2 Å². The lowest BCUT2D eigenvalue weighted by atomic mass is 9.87. The van der Waals surface area contributed by atoms with Gasteiger partial charge in [0.25, 0.3) is 5.56 Å². The normalized spacial score (nSPS) is 21.1. The van der Waals surface area contributed by atoms with Gasteiger partial charge < -0.3 is 0 Å². The third-order valence-corrected chi connectivity index (χ3v) is 2.64. The van der Waals surface area contributed by atoms with Crippen molar-refractivity contribution in [2.75, 3.05) is 0 Å². The predicted molar refractivity (Wildman–Crippen MR) is 46.4 cm³/mol. The van der Waals surface area contributed by atoms with Crippen LogP contribution in [0, 0.1) is 5.92 Å². The molecule has 0 spiro atoms. The Hall–Kier alpha value is -1.33. The van der Waals surface area contributed by atoms with E-state index in [4.69, 9.17) is 0 Å². The molecule has 3 nitrogen and oxygen atoms in total. The van der Waals surface area contributed by atoms with Gasteiger partial charge in [0, 0.05) is 12.5 Å². The minimum Gasteiger partial charge on any atom is -0.268 e. The predicted octanol–water partition coefficient (Wildman–Crippen LogP) is 1.44. The van der Waals surface area contributed by atoms with Gasteiger partial charge in [-0.2, -0.15) is 18.3 Å². The first-order valence-electron chi connectivity index (χ1n) is 4.61. The fourth-order valence-electron chi connectivity index (χ4n) is 1.81. The smallest absolute Gasteiger partial charge is 0.268 e. The average Bonchev–Trinajstić information content (AvgIpc) is 2.15. The van der Waals surface area contributed by atoms with Crippen LogP contribution in [-0.2, 0) is 12.8 Å². The lowest BCUT2D eigenvalue weighted by Crippen LogP contribution is -2.30. The minimum atomic E-state index is -4.17. The van der Waals surface area contributed by atoms with Crippen LogP contribution in [0.25, 0.3) is 0 Å². The number of H-pyrrole nitrogens is 1. The molecular formula is C9H9F3N2O. The summed E-state index contributed by atoms with van der Waals surface area (Å²) in [6, 6.07) is 1.33. The molecule has 82 valence electrons. The number of fused-ring (bicyclic) bond motifs is 1. The molecule has 0 amide bonds. The fourth-order valence-corrected chi connectivity index (χ4v) is 1.81. The number of alkyl halides is 3. The Kier molecular flexibility index (Phi) is 2.28. The Morgan fingerprint density at radius 3 is 2.87 bits per heavy atom. The first-order valence-corrected chi connectivity index (χ1v) is 4.61. The summed E-state index contributed by atoms with van der Waals surface area (Å²) < 4.78 is 37.2. The Morgan fingerprint density at radius 1 is 1.47 bits per heavy atom. The summed E-state index contributed by atoms with van der Waals surface area (Å²) in [5.41, 5.74) is 0.640. The number of halogens is 3. The molecule has 15 heavy (non-hydrogen) atoms. The first kappa shape index (κ1) is 10.2. The zero-order valence-electron chi connectivity index (χ0n) is 7.77. The molecular weight excluding hydrogens is 209 g/mol. The molecule has 1 aliphatic carbocycles. The second kappa shape index (κ2) is 3.36. The van der Waals surface area contributed by atoms with Crippen LogP contribution >= 0.6 is 0 Å². The van der Waals surface area contributed by atoms with Crippen molar-refractivity contribution in [2.24, 2.45) is 5.92 Å². The number of hydrogen-bond donors (Lipinski definition) is 1. The van der Waals surface area contributed by atoms with E-state index in [9.17, 15) is 18.0 Å². The molecule has 1 aromatic heterocycles. The van der Waals surface area contributed by atoms with Crippen LogP contribution in [0.4, 0.5) is 13.2 Å². The molecule has 1 aromatic rings. The zero-order chi connectivity index (χ0) is 11.1. The van der Waals surface area contributed by atoms with Crippen LogP contribution in [0.5, 0.6) is 0 Å². The molecule has 0 fully saturated rings. The number of nitrogens with zero attached hydrogens (tertiary/aromatic N) is 1. The molecule has 1 heterocycles. The molecule has 0 aliphatic heterocycles. The molecule has 1 unspecified atom stereocenters. The van der Waals surface area contributed by atoms with Crippen LogP contribution in [0.3, 0.4) is 0 Å². The van der Waals surface area contributed by atoms with E-state index in [1.807, 2.05) is 0 Å². The summed E-state index contributed by atoms with van der Waals surface area (Å²) in [4.78, 5) is 10.9. The number of nitrogens with one attached hydrogen (secondary N) is 1. The molecule has 1 aliphatic rings. The van der Waals surface area contributed by atoms with Gasteiger partial charge in [-0.1, -0.05) is 0 Å². The van der Waals surface area contributed by atoms with E-state index in [1.54, 1.807) is 0 Å². The fraction of sp³-hybridized carbons (Fsp3) is 0.556. The molecule has 0 radical (unpaired) electrons. The Labute approximate surface area is 83.3 Å². The lowest BCUT2D eigenvalue weighted by molar-refractivity contribution is -0.177. The molecule has 0 bridgehead atoms. The van der Waals surface area contributed by atoms with Crippen molar-refractivity contribution in [1.29, 1.82) is 0 Å². The standard InChI is InChI=1S/C9H9F3N2O/c10-9(11,12)6-2-1-5-3-8(15)14-13-7(5)4-6/h3,6H,1-2,4H2,(H,14,15). The van der Waals surface area contributed by atoms with Crippen molar-refractivity contribution in [3.63, 3.8) is 0 Å². The first-order chi connectivity index (χ1) is 6.97. The SMILES string of the molecule is O=c1cc2c(n[nH]1)CC(C(F)(F)F)CC2. The topological polar surface area (TPSA) is 45.8 Å². The highest BCUT2D eigenvalue weighted by Gasteiger charge is 2.41. The Morgan fingerprint density at radius 2 is 2.20 bits per heavy atom. The Bertz CT molecular complexity index is 424. The van der Waals surface area contributed by atoms with Crippen molar-refractivity contribution in [2.45, 2.75) is 25.4 Å². The van der Waals surface area contributed by atoms with Crippen LogP contribution in [0.15, 0.2) is 10.9 Å². The molecule has 0 aromatic carbocycles. The van der Waals surface area contributed by atoms with E-state index in [1.165, 1.54) is 6.07 Å². The summed E-state index contributed by atoms with van der Waals surface area (Å²) in [6.07, 6.45) is -3.98. The molecule has 0 saturated heterocycles. The molecule has 2 rings (SSSR count). The van der Waals surface area contributed by atoms with E-state index in [2.05, 4.69) is 10.2 Å². The van der Waals surface area contributed by atoms with Gasteiger partial charge in [-0.3, -0.25) is 4.79 Å². The third kappa shape index (κ3) is 2.03. The van der Waals surface area contributed by atoms with Gasteiger partial charge in [-0.05, 0) is 18.4 Å². The summed E-state index contributed by atoms with van der Waals surface area (Å²) >= 11 is 0. The second-order valence-electron chi connectivity index (χ2n) is 3.69. The van der Waals surface area contributed by atoms with Gasteiger partial charge in [0.15, 0.2) is 0 Å². The van der Waals surface area contributed by atoms with Crippen molar-refractivity contribution in [3.05, 3.63) is 27.7 Å². The van der Waals surface area contributed by atoms with Gasteiger partial charge >= 0.3 is 6.18 Å². The quantitative estimate of drug-likeness (QED) is 0.716. The third-order valence-electron chi connectivity index (χ3n) is 2.64. The number of aryl methyl sites for hydroxylation is 1. The van der Waals surface area contributed by atoms with Crippen molar-refractivity contribution < 1.29 is 13.2 Å². The van der Waals surface area contributed by atoms with E-state index in [0.29, 0.717) is 11.3 Å². The minimum absolute atomic E-state index is 0.0433. The van der Waals surface area contributed by atoms with Crippen LogP contribution in [-0.4, -0.2) is 16.4 Å². The molecule has 0 saturated carbocycles.